The van der Waals surface area contributed by atoms with Gasteiger partial charge in [-0.1, -0.05) is 40.5 Å². The van der Waals surface area contributed by atoms with Gasteiger partial charge in [0.2, 0.25) is 0 Å². The van der Waals surface area contributed by atoms with Gasteiger partial charge in [-0.3, -0.25) is 4.68 Å². The molecule has 0 atom stereocenters. The Morgan fingerprint density at radius 1 is 1.14 bits per heavy atom. The predicted octanol–water partition coefficient (Wildman–Crippen LogP) is 4.33. The molecular weight excluding hydrogens is 399 g/mol. The van der Waals surface area contributed by atoms with Crippen LogP contribution in [0.1, 0.15) is 32.9 Å². The summed E-state index contributed by atoms with van der Waals surface area (Å²) in [5.74, 6) is -0.637. The number of aromatic nitrogens is 2. The lowest BCUT2D eigenvalue weighted by molar-refractivity contribution is 0.0516. The SMILES string of the molecule is Cc1cc(C)n(Cc2ccc(C(=O)O/N=C(\N)c3ccc(Cl)cc3Cl)cc2)n1. The zero-order valence-corrected chi connectivity index (χ0v) is 16.8. The van der Waals surface area contributed by atoms with E-state index in [0.717, 1.165) is 17.0 Å². The third kappa shape index (κ3) is 4.71. The van der Waals surface area contributed by atoms with E-state index in [2.05, 4.69) is 10.3 Å². The molecule has 0 bridgehead atoms. The normalized spacial score (nSPS) is 11.5. The van der Waals surface area contributed by atoms with Gasteiger partial charge in [0, 0.05) is 16.3 Å². The molecule has 3 aromatic rings. The fraction of sp³-hybridized carbons (Fsp3) is 0.150. The number of nitrogens with zero attached hydrogens (tertiary/aromatic N) is 3. The van der Waals surface area contributed by atoms with Crippen molar-refractivity contribution < 1.29 is 9.63 Å². The van der Waals surface area contributed by atoms with Gasteiger partial charge in [0.25, 0.3) is 0 Å². The van der Waals surface area contributed by atoms with Gasteiger partial charge >= 0.3 is 5.97 Å². The number of halogens is 2. The first-order chi connectivity index (χ1) is 13.3. The molecule has 0 spiro atoms. The van der Waals surface area contributed by atoms with Gasteiger partial charge in [-0.05, 0) is 55.8 Å². The maximum absolute atomic E-state index is 12.2. The van der Waals surface area contributed by atoms with Gasteiger partial charge in [-0.2, -0.15) is 5.10 Å². The Morgan fingerprint density at radius 3 is 2.46 bits per heavy atom. The highest BCUT2D eigenvalue weighted by atomic mass is 35.5. The van der Waals surface area contributed by atoms with E-state index >= 15 is 0 Å². The Kier molecular flexibility index (Phi) is 6.02. The minimum atomic E-state index is -0.620. The van der Waals surface area contributed by atoms with Crippen molar-refractivity contribution in [3.8, 4) is 0 Å². The zero-order chi connectivity index (χ0) is 20.3. The zero-order valence-electron chi connectivity index (χ0n) is 15.3. The van der Waals surface area contributed by atoms with Gasteiger partial charge in [0.05, 0.1) is 22.8 Å². The van der Waals surface area contributed by atoms with Crippen molar-refractivity contribution in [2.45, 2.75) is 20.4 Å². The van der Waals surface area contributed by atoms with Crippen molar-refractivity contribution in [2.24, 2.45) is 10.9 Å². The average Bonchev–Trinajstić information content (AvgIpc) is 2.97. The number of carbonyl (C=O) groups is 1. The number of amidine groups is 1. The number of benzene rings is 2. The molecule has 0 aliphatic heterocycles. The molecule has 144 valence electrons. The molecule has 0 fully saturated rings. The van der Waals surface area contributed by atoms with Crippen LogP contribution in [0.2, 0.25) is 10.0 Å². The quantitative estimate of drug-likeness (QED) is 0.290. The fourth-order valence-corrected chi connectivity index (χ4v) is 3.15. The van der Waals surface area contributed by atoms with Crippen molar-refractivity contribution in [2.75, 3.05) is 0 Å². The molecule has 0 unspecified atom stereocenters. The lowest BCUT2D eigenvalue weighted by atomic mass is 10.1. The smallest absolute Gasteiger partial charge is 0.365 e. The topological polar surface area (TPSA) is 82.5 Å². The van der Waals surface area contributed by atoms with E-state index in [-0.39, 0.29) is 5.84 Å². The fourth-order valence-electron chi connectivity index (χ4n) is 2.64. The number of oxime groups is 1. The second kappa shape index (κ2) is 8.46. The largest absolute Gasteiger partial charge is 0.380 e. The maximum atomic E-state index is 12.2. The van der Waals surface area contributed by atoms with Crippen LogP contribution in [0.25, 0.3) is 0 Å². The summed E-state index contributed by atoms with van der Waals surface area (Å²) in [6.45, 7) is 4.57. The lowest BCUT2D eigenvalue weighted by Crippen LogP contribution is -2.15. The van der Waals surface area contributed by atoms with Crippen LogP contribution in [0.3, 0.4) is 0 Å². The molecule has 0 saturated heterocycles. The average molecular weight is 417 g/mol. The standard InChI is InChI=1S/C20H18Cl2N4O2/c1-12-9-13(2)26(24-12)11-14-3-5-15(6-4-14)20(27)28-25-19(23)17-8-7-16(21)10-18(17)22/h3-10H,11H2,1-2H3,(H2,23,25). The summed E-state index contributed by atoms with van der Waals surface area (Å²) < 4.78 is 1.91. The summed E-state index contributed by atoms with van der Waals surface area (Å²) >= 11 is 11.9. The second-order valence-corrected chi connectivity index (χ2v) is 7.10. The minimum Gasteiger partial charge on any atom is -0.380 e. The highest BCUT2D eigenvalue weighted by Crippen LogP contribution is 2.20. The molecule has 0 aliphatic rings. The number of rotatable bonds is 5. The van der Waals surface area contributed by atoms with E-state index in [1.165, 1.54) is 6.07 Å². The van der Waals surface area contributed by atoms with Gasteiger partial charge in [0.1, 0.15) is 0 Å². The number of carbonyl (C=O) groups excluding carboxylic acids is 1. The summed E-state index contributed by atoms with van der Waals surface area (Å²) in [6, 6.07) is 13.8. The first-order valence-electron chi connectivity index (χ1n) is 8.43. The minimum absolute atomic E-state index is 0.0174. The van der Waals surface area contributed by atoms with E-state index in [0.29, 0.717) is 27.7 Å². The van der Waals surface area contributed by atoms with E-state index in [4.69, 9.17) is 33.8 Å². The molecule has 1 aromatic heterocycles. The van der Waals surface area contributed by atoms with Crippen LogP contribution >= 0.6 is 23.2 Å². The summed E-state index contributed by atoms with van der Waals surface area (Å²) in [6.07, 6.45) is 0. The van der Waals surface area contributed by atoms with E-state index < -0.39 is 5.97 Å². The Hall–Kier alpha value is -2.83. The monoisotopic (exact) mass is 416 g/mol. The third-order valence-corrected chi connectivity index (χ3v) is 4.61. The van der Waals surface area contributed by atoms with E-state index in [1.54, 1.807) is 24.3 Å². The van der Waals surface area contributed by atoms with Crippen LogP contribution in [0.15, 0.2) is 53.7 Å². The third-order valence-electron chi connectivity index (χ3n) is 4.06. The van der Waals surface area contributed by atoms with E-state index in [1.807, 2.05) is 36.7 Å². The number of hydrogen-bond donors (Lipinski definition) is 1. The second-order valence-electron chi connectivity index (χ2n) is 6.26. The Morgan fingerprint density at radius 2 is 1.86 bits per heavy atom. The van der Waals surface area contributed by atoms with Crippen LogP contribution in [0.5, 0.6) is 0 Å². The van der Waals surface area contributed by atoms with E-state index in [9.17, 15) is 4.79 Å². The molecule has 1 heterocycles. The first-order valence-corrected chi connectivity index (χ1v) is 9.19. The molecular formula is C20H18Cl2N4O2. The first kappa shape index (κ1) is 19.9. The molecule has 2 aromatic carbocycles. The summed E-state index contributed by atoms with van der Waals surface area (Å²) in [5.41, 5.74) is 9.68. The molecule has 0 amide bonds. The Bertz CT molecular complexity index is 1040. The number of hydrogen-bond acceptors (Lipinski definition) is 4. The molecule has 28 heavy (non-hydrogen) atoms. The predicted molar refractivity (Wildman–Crippen MR) is 110 cm³/mol. The Labute approximate surface area is 172 Å². The highest BCUT2D eigenvalue weighted by Gasteiger charge is 2.11. The van der Waals surface area contributed by atoms with Crippen molar-refractivity contribution >= 4 is 35.0 Å². The van der Waals surface area contributed by atoms with Crippen LogP contribution in [0, 0.1) is 13.8 Å². The Balaban J connectivity index is 1.66. The van der Waals surface area contributed by atoms with Gasteiger partial charge in [0.15, 0.2) is 5.84 Å². The number of aryl methyl sites for hydroxylation is 2. The molecule has 2 N–H and O–H groups in total. The van der Waals surface area contributed by atoms with Crippen LogP contribution in [-0.2, 0) is 11.4 Å². The van der Waals surface area contributed by atoms with Gasteiger partial charge < -0.3 is 10.6 Å². The van der Waals surface area contributed by atoms with Crippen LogP contribution in [0.4, 0.5) is 0 Å². The summed E-state index contributed by atoms with van der Waals surface area (Å²) in [5, 5.41) is 8.89. The van der Waals surface area contributed by atoms with Crippen LogP contribution in [-0.4, -0.2) is 21.6 Å². The molecule has 0 saturated carbocycles. The van der Waals surface area contributed by atoms with Gasteiger partial charge in [-0.25, -0.2) is 4.79 Å². The lowest BCUT2D eigenvalue weighted by Gasteiger charge is -2.06. The molecule has 0 radical (unpaired) electrons. The highest BCUT2D eigenvalue weighted by molar-refractivity contribution is 6.36. The van der Waals surface area contributed by atoms with Gasteiger partial charge in [-0.15, -0.1) is 0 Å². The molecule has 6 nitrogen and oxygen atoms in total. The number of nitrogens with two attached hydrogens (primary N) is 1. The molecule has 0 aliphatic carbocycles. The summed E-state index contributed by atoms with van der Waals surface area (Å²) in [7, 11) is 0. The van der Waals surface area contributed by atoms with Crippen LogP contribution < -0.4 is 5.73 Å². The maximum Gasteiger partial charge on any atom is 0.365 e. The van der Waals surface area contributed by atoms with Crippen molar-refractivity contribution in [3.63, 3.8) is 0 Å². The van der Waals surface area contributed by atoms with Crippen molar-refractivity contribution in [3.05, 3.63) is 86.7 Å². The molecule has 3 rings (SSSR count). The van der Waals surface area contributed by atoms with Crippen molar-refractivity contribution in [1.29, 1.82) is 0 Å². The summed E-state index contributed by atoms with van der Waals surface area (Å²) in [4.78, 5) is 17.1. The molecule has 8 heteroatoms. The van der Waals surface area contributed by atoms with Crippen molar-refractivity contribution in [1.82, 2.24) is 9.78 Å².